The highest BCUT2D eigenvalue weighted by molar-refractivity contribution is 7.16. The Labute approximate surface area is 147 Å². The lowest BCUT2D eigenvalue weighted by atomic mass is 10.1. The number of carbonyl (C=O) groups excluding carboxylic acids is 2. The first-order valence-corrected chi connectivity index (χ1v) is 8.23. The molecule has 8 nitrogen and oxygen atoms in total. The number of rotatable bonds is 8. The van der Waals surface area contributed by atoms with Crippen LogP contribution in [0.4, 0.5) is 5.00 Å². The Kier molecular flexibility index (Phi) is 6.78. The monoisotopic (exact) mass is 360 g/mol. The molecule has 2 amide bonds. The van der Waals surface area contributed by atoms with Crippen LogP contribution < -0.4 is 10.7 Å². The van der Waals surface area contributed by atoms with Gasteiger partial charge in [-0.25, -0.2) is 5.43 Å². The molecule has 0 aliphatic heterocycles. The molecule has 0 saturated carbocycles. The number of nitrogens with one attached hydrogen (secondary N) is 2. The average Bonchev–Trinajstić information content (AvgIpc) is 3.08. The van der Waals surface area contributed by atoms with E-state index in [1.165, 1.54) is 18.3 Å². The number of carbonyl (C=O) groups is 2. The Morgan fingerprint density at radius 2 is 1.92 bits per heavy atom. The highest BCUT2D eigenvalue weighted by atomic mass is 32.1. The fourth-order valence-corrected chi connectivity index (χ4v) is 2.58. The first-order valence-electron chi connectivity index (χ1n) is 7.41. The zero-order valence-electron chi connectivity index (χ0n) is 13.2. The summed E-state index contributed by atoms with van der Waals surface area (Å²) < 4.78 is 0. The second-order valence-corrected chi connectivity index (χ2v) is 6.08. The van der Waals surface area contributed by atoms with Gasteiger partial charge >= 0.3 is 5.00 Å². The molecule has 25 heavy (non-hydrogen) atoms. The standard InChI is InChI=1S/C16H16N4O4S/c21-14(8-6-12-4-2-1-3-5-12)17-11-15(22)19-18-10-13-7-9-16(25-13)20(23)24/h1-5,7,9-10H,6,8,11H2,(H,17,21)(H,19,22)/b18-10+. The number of nitro groups is 1. The van der Waals surface area contributed by atoms with Gasteiger partial charge in [0.15, 0.2) is 0 Å². The third kappa shape index (κ3) is 6.51. The Hall–Kier alpha value is -3.07. The molecular formula is C16H16N4O4S. The molecule has 0 aliphatic rings. The highest BCUT2D eigenvalue weighted by Crippen LogP contribution is 2.22. The van der Waals surface area contributed by atoms with E-state index in [0.717, 1.165) is 16.9 Å². The van der Waals surface area contributed by atoms with Gasteiger partial charge in [0.2, 0.25) is 5.91 Å². The van der Waals surface area contributed by atoms with Gasteiger partial charge in [-0.1, -0.05) is 41.7 Å². The van der Waals surface area contributed by atoms with Crippen LogP contribution in [0.1, 0.15) is 16.9 Å². The molecule has 2 aromatic rings. The lowest BCUT2D eigenvalue weighted by Crippen LogP contribution is -2.35. The largest absolute Gasteiger partial charge is 0.347 e. The van der Waals surface area contributed by atoms with E-state index >= 15 is 0 Å². The zero-order chi connectivity index (χ0) is 18.1. The van der Waals surface area contributed by atoms with Crippen molar-refractivity contribution < 1.29 is 14.5 Å². The molecule has 0 radical (unpaired) electrons. The summed E-state index contributed by atoms with van der Waals surface area (Å²) in [7, 11) is 0. The maximum atomic E-state index is 11.7. The van der Waals surface area contributed by atoms with Crippen molar-refractivity contribution in [2.75, 3.05) is 6.54 Å². The van der Waals surface area contributed by atoms with Gasteiger partial charge in [0.25, 0.3) is 5.91 Å². The van der Waals surface area contributed by atoms with E-state index in [-0.39, 0.29) is 17.5 Å². The maximum Gasteiger partial charge on any atom is 0.324 e. The average molecular weight is 360 g/mol. The fraction of sp³-hybridized carbons (Fsp3) is 0.188. The van der Waals surface area contributed by atoms with Gasteiger partial charge in [0, 0.05) is 12.5 Å². The van der Waals surface area contributed by atoms with Gasteiger partial charge < -0.3 is 5.32 Å². The van der Waals surface area contributed by atoms with E-state index in [2.05, 4.69) is 15.8 Å². The molecule has 0 bridgehead atoms. The highest BCUT2D eigenvalue weighted by Gasteiger charge is 2.08. The fourth-order valence-electron chi connectivity index (χ4n) is 1.89. The number of aryl methyl sites for hydroxylation is 1. The van der Waals surface area contributed by atoms with Crippen LogP contribution in [0.3, 0.4) is 0 Å². The van der Waals surface area contributed by atoms with E-state index in [4.69, 9.17) is 0 Å². The molecular weight excluding hydrogens is 344 g/mol. The second kappa shape index (κ2) is 9.28. The summed E-state index contributed by atoms with van der Waals surface area (Å²) in [6, 6.07) is 12.5. The maximum absolute atomic E-state index is 11.7. The SMILES string of the molecule is O=C(CCc1ccccc1)NCC(=O)N/N=C/c1ccc([N+](=O)[O-])s1. The number of hydrogen-bond donors (Lipinski definition) is 2. The summed E-state index contributed by atoms with van der Waals surface area (Å²) in [4.78, 5) is 33.9. The topological polar surface area (TPSA) is 114 Å². The van der Waals surface area contributed by atoms with Crippen molar-refractivity contribution >= 4 is 34.4 Å². The van der Waals surface area contributed by atoms with Crippen LogP contribution in [0.15, 0.2) is 47.6 Å². The number of hydrazone groups is 1. The zero-order valence-corrected chi connectivity index (χ0v) is 14.0. The molecule has 130 valence electrons. The second-order valence-electron chi connectivity index (χ2n) is 4.99. The van der Waals surface area contributed by atoms with E-state index in [0.29, 0.717) is 17.7 Å². The van der Waals surface area contributed by atoms with Crippen LogP contribution in [0.25, 0.3) is 0 Å². The van der Waals surface area contributed by atoms with Crippen LogP contribution in [-0.2, 0) is 16.0 Å². The molecule has 2 rings (SSSR count). The summed E-state index contributed by atoms with van der Waals surface area (Å²) >= 11 is 0.946. The van der Waals surface area contributed by atoms with E-state index in [1.807, 2.05) is 30.3 Å². The quantitative estimate of drug-likeness (QED) is 0.425. The van der Waals surface area contributed by atoms with Gasteiger partial charge in [-0.05, 0) is 18.1 Å². The minimum absolute atomic E-state index is 0.00143. The molecule has 2 N–H and O–H groups in total. The predicted molar refractivity (Wildman–Crippen MR) is 94.5 cm³/mol. The summed E-state index contributed by atoms with van der Waals surface area (Å²) in [6.45, 7) is -0.185. The van der Waals surface area contributed by atoms with Crippen molar-refractivity contribution in [3.05, 3.63) is 63.0 Å². The van der Waals surface area contributed by atoms with Crippen LogP contribution in [0.2, 0.25) is 0 Å². The number of hydrogen-bond acceptors (Lipinski definition) is 6. The molecule has 0 atom stereocenters. The Morgan fingerprint density at radius 1 is 1.16 bits per heavy atom. The van der Waals surface area contributed by atoms with Crippen molar-refractivity contribution in [3.8, 4) is 0 Å². The molecule has 1 heterocycles. The summed E-state index contributed by atoms with van der Waals surface area (Å²) in [5.41, 5.74) is 3.30. The minimum Gasteiger partial charge on any atom is -0.347 e. The molecule has 9 heteroatoms. The van der Waals surface area contributed by atoms with Crippen LogP contribution in [0, 0.1) is 10.1 Å². The summed E-state index contributed by atoms with van der Waals surface area (Å²) in [5, 5.41) is 16.8. The van der Waals surface area contributed by atoms with E-state index in [9.17, 15) is 19.7 Å². The summed E-state index contributed by atoms with van der Waals surface area (Å²) in [6.07, 6.45) is 2.20. The van der Waals surface area contributed by atoms with Gasteiger partial charge in [0.1, 0.15) is 0 Å². The first kappa shape index (κ1) is 18.3. The Morgan fingerprint density at radius 3 is 2.60 bits per heavy atom. The lowest BCUT2D eigenvalue weighted by molar-refractivity contribution is -0.380. The minimum atomic E-state index is -0.494. The third-order valence-corrected chi connectivity index (χ3v) is 4.07. The van der Waals surface area contributed by atoms with Crippen molar-refractivity contribution in [1.29, 1.82) is 0 Å². The van der Waals surface area contributed by atoms with Crippen LogP contribution >= 0.6 is 11.3 Å². The lowest BCUT2D eigenvalue weighted by Gasteiger charge is -2.04. The van der Waals surface area contributed by atoms with E-state index < -0.39 is 10.8 Å². The molecule has 0 fully saturated rings. The summed E-state index contributed by atoms with van der Waals surface area (Å²) in [5.74, 6) is -0.702. The number of nitrogens with zero attached hydrogens (tertiary/aromatic N) is 2. The van der Waals surface area contributed by atoms with Gasteiger partial charge in [-0.3, -0.25) is 19.7 Å². The van der Waals surface area contributed by atoms with E-state index in [1.54, 1.807) is 0 Å². The van der Waals surface area contributed by atoms with Gasteiger partial charge in [-0.2, -0.15) is 5.10 Å². The van der Waals surface area contributed by atoms with Crippen LogP contribution in [0.5, 0.6) is 0 Å². The normalized spacial score (nSPS) is 10.6. The number of amides is 2. The molecule has 0 spiro atoms. The van der Waals surface area contributed by atoms with Gasteiger partial charge in [0.05, 0.1) is 22.6 Å². The molecule has 1 aromatic carbocycles. The number of benzene rings is 1. The van der Waals surface area contributed by atoms with Gasteiger partial charge in [-0.15, -0.1) is 0 Å². The van der Waals surface area contributed by atoms with Crippen molar-refractivity contribution in [3.63, 3.8) is 0 Å². The Bertz CT molecular complexity index is 773. The Balaban J connectivity index is 1.66. The van der Waals surface area contributed by atoms with Crippen LogP contribution in [-0.4, -0.2) is 29.5 Å². The predicted octanol–water partition coefficient (Wildman–Crippen LogP) is 1.86. The van der Waals surface area contributed by atoms with Crippen molar-refractivity contribution in [2.24, 2.45) is 5.10 Å². The smallest absolute Gasteiger partial charge is 0.324 e. The number of thiophene rings is 1. The first-order chi connectivity index (χ1) is 12.0. The van der Waals surface area contributed by atoms with Crippen molar-refractivity contribution in [2.45, 2.75) is 12.8 Å². The third-order valence-electron chi connectivity index (χ3n) is 3.10. The molecule has 0 aliphatic carbocycles. The molecule has 1 aromatic heterocycles. The van der Waals surface area contributed by atoms with Crippen molar-refractivity contribution in [1.82, 2.24) is 10.7 Å². The molecule has 0 saturated heterocycles. The molecule has 0 unspecified atom stereocenters.